The van der Waals surface area contributed by atoms with Crippen LogP contribution in [0.5, 0.6) is 5.75 Å². The molecule has 1 spiro atoms. The van der Waals surface area contributed by atoms with E-state index in [0.29, 0.717) is 36.7 Å². The highest BCUT2D eigenvalue weighted by Gasteiger charge is 2.48. The molecule has 2 heterocycles. The first kappa shape index (κ1) is 19.5. The third-order valence-corrected chi connectivity index (χ3v) is 5.66. The Hall–Kier alpha value is -2.28. The molecule has 0 unspecified atom stereocenters. The number of imide groups is 1. The normalized spacial score (nSPS) is 18.6. The van der Waals surface area contributed by atoms with Crippen LogP contribution < -0.4 is 15.4 Å². The van der Waals surface area contributed by atoms with Crippen LogP contribution in [0.25, 0.3) is 0 Å². The van der Waals surface area contributed by atoms with Crippen LogP contribution in [-0.2, 0) is 9.59 Å². The van der Waals surface area contributed by atoms with Crippen molar-refractivity contribution in [3.63, 3.8) is 0 Å². The minimum atomic E-state index is -0.882. The molecule has 8 heteroatoms. The number of likely N-dealkylation sites (tertiary alicyclic amines) is 1. The smallest absolute Gasteiger partial charge is 0.322 e. The number of piperidine rings is 1. The molecular weight excluding hydrogens is 370 g/mol. The second kappa shape index (κ2) is 7.38. The number of carbonyl (C=O) groups is 3. The van der Waals surface area contributed by atoms with Crippen molar-refractivity contribution >= 4 is 29.4 Å². The molecule has 2 aliphatic rings. The first-order chi connectivity index (χ1) is 12.7. The van der Waals surface area contributed by atoms with Gasteiger partial charge >= 0.3 is 6.03 Å². The van der Waals surface area contributed by atoms with Gasteiger partial charge in [-0.2, -0.15) is 0 Å². The number of halogens is 1. The van der Waals surface area contributed by atoms with Gasteiger partial charge in [-0.05, 0) is 48.9 Å². The van der Waals surface area contributed by atoms with E-state index < -0.39 is 11.6 Å². The van der Waals surface area contributed by atoms with Crippen molar-refractivity contribution < 1.29 is 19.1 Å². The Kier molecular flexibility index (Phi) is 5.33. The van der Waals surface area contributed by atoms with E-state index in [2.05, 4.69) is 10.6 Å². The Morgan fingerprint density at radius 3 is 2.52 bits per heavy atom. The summed E-state index contributed by atoms with van der Waals surface area (Å²) < 4.78 is 5.81. The van der Waals surface area contributed by atoms with E-state index in [1.807, 2.05) is 32.9 Å². The molecule has 4 amide bonds. The molecule has 7 nitrogen and oxygen atoms in total. The van der Waals surface area contributed by atoms with Crippen LogP contribution in [0.1, 0.15) is 43.7 Å². The topological polar surface area (TPSA) is 87.7 Å². The summed E-state index contributed by atoms with van der Waals surface area (Å²) in [5, 5.41) is 5.63. The van der Waals surface area contributed by atoms with Crippen LogP contribution in [0.15, 0.2) is 12.1 Å². The zero-order valence-electron chi connectivity index (χ0n) is 15.7. The van der Waals surface area contributed by atoms with Crippen LogP contribution in [0.4, 0.5) is 4.79 Å². The number of urea groups is 1. The third-order valence-electron chi connectivity index (χ3n) is 5.25. The molecule has 0 saturated carbocycles. The second-order valence-electron chi connectivity index (χ2n) is 7.45. The Morgan fingerprint density at radius 1 is 1.30 bits per heavy atom. The molecule has 146 valence electrons. The minimum absolute atomic E-state index is 0.0770. The van der Waals surface area contributed by atoms with E-state index in [4.69, 9.17) is 16.3 Å². The van der Waals surface area contributed by atoms with E-state index >= 15 is 0 Å². The predicted octanol–water partition coefficient (Wildman–Crippen LogP) is 2.35. The number of benzene rings is 1. The molecule has 1 aromatic rings. The number of hydrogen-bond acceptors (Lipinski definition) is 4. The zero-order valence-corrected chi connectivity index (χ0v) is 16.5. The van der Waals surface area contributed by atoms with E-state index in [-0.39, 0.29) is 24.3 Å². The lowest BCUT2D eigenvalue weighted by Gasteiger charge is -2.36. The zero-order chi connectivity index (χ0) is 19.8. The fraction of sp³-hybridized carbons (Fsp3) is 0.526. The standard InChI is InChI=1S/C19H24ClN3O4/c1-11(2)13-9-14(20)12(3)8-15(13)27-10-16(24)23-6-4-19(5-7-23)17(25)21-18(26)22-19/h8-9,11H,4-7,10H2,1-3H3,(H2,21,22,25,26). The number of nitrogens with zero attached hydrogens (tertiary/aromatic N) is 1. The van der Waals surface area contributed by atoms with Gasteiger partial charge in [0.05, 0.1) is 0 Å². The molecule has 0 atom stereocenters. The van der Waals surface area contributed by atoms with Crippen molar-refractivity contribution in [2.45, 2.75) is 45.1 Å². The maximum atomic E-state index is 12.5. The number of rotatable bonds is 4. The monoisotopic (exact) mass is 393 g/mol. The Labute approximate surface area is 163 Å². The lowest BCUT2D eigenvalue weighted by atomic mass is 9.88. The van der Waals surface area contributed by atoms with Gasteiger partial charge in [0.25, 0.3) is 11.8 Å². The fourth-order valence-corrected chi connectivity index (χ4v) is 3.67. The maximum absolute atomic E-state index is 12.5. The van der Waals surface area contributed by atoms with Gasteiger partial charge in [-0.15, -0.1) is 0 Å². The van der Waals surface area contributed by atoms with Gasteiger partial charge in [-0.3, -0.25) is 14.9 Å². The number of aryl methyl sites for hydroxylation is 1. The average molecular weight is 394 g/mol. The summed E-state index contributed by atoms with van der Waals surface area (Å²) in [6, 6.07) is 3.27. The van der Waals surface area contributed by atoms with Crippen molar-refractivity contribution in [2.24, 2.45) is 0 Å². The first-order valence-electron chi connectivity index (χ1n) is 9.06. The largest absolute Gasteiger partial charge is 0.483 e. The Balaban J connectivity index is 1.60. The van der Waals surface area contributed by atoms with Crippen LogP contribution in [-0.4, -0.2) is 48.0 Å². The molecule has 2 fully saturated rings. The molecule has 0 aliphatic carbocycles. The Bertz CT molecular complexity index is 785. The summed E-state index contributed by atoms with van der Waals surface area (Å²) in [5.74, 6) is 0.426. The molecule has 0 radical (unpaired) electrons. The van der Waals surface area contributed by atoms with E-state index in [1.165, 1.54) is 0 Å². The molecular formula is C19H24ClN3O4. The van der Waals surface area contributed by atoms with Gasteiger partial charge in [-0.1, -0.05) is 25.4 Å². The summed E-state index contributed by atoms with van der Waals surface area (Å²) >= 11 is 6.20. The van der Waals surface area contributed by atoms with Crippen LogP contribution >= 0.6 is 11.6 Å². The first-order valence-corrected chi connectivity index (χ1v) is 9.44. The summed E-state index contributed by atoms with van der Waals surface area (Å²) in [5.41, 5.74) is 0.972. The summed E-state index contributed by atoms with van der Waals surface area (Å²) in [4.78, 5) is 37.6. The molecule has 27 heavy (non-hydrogen) atoms. The fourth-order valence-electron chi connectivity index (χ4n) is 3.50. The second-order valence-corrected chi connectivity index (χ2v) is 7.86. The molecule has 1 aromatic carbocycles. The van der Waals surface area contributed by atoms with Gasteiger partial charge in [-0.25, -0.2) is 4.79 Å². The SMILES string of the molecule is Cc1cc(OCC(=O)N2CCC3(CC2)NC(=O)NC3=O)c(C(C)C)cc1Cl. The summed E-state index contributed by atoms with van der Waals surface area (Å²) in [7, 11) is 0. The van der Waals surface area contributed by atoms with Crippen molar-refractivity contribution in [3.05, 3.63) is 28.3 Å². The van der Waals surface area contributed by atoms with E-state index in [1.54, 1.807) is 4.90 Å². The number of nitrogens with one attached hydrogen (secondary N) is 2. The summed E-state index contributed by atoms with van der Waals surface area (Å²) in [6.07, 6.45) is 0.793. The quantitative estimate of drug-likeness (QED) is 0.768. The lowest BCUT2D eigenvalue weighted by Crippen LogP contribution is -2.56. The van der Waals surface area contributed by atoms with Crippen molar-refractivity contribution in [3.8, 4) is 5.75 Å². The van der Waals surface area contributed by atoms with Crippen LogP contribution in [0, 0.1) is 6.92 Å². The van der Waals surface area contributed by atoms with Gasteiger partial charge in [0, 0.05) is 18.1 Å². The highest BCUT2D eigenvalue weighted by Crippen LogP contribution is 2.32. The average Bonchev–Trinajstić information content (AvgIpc) is 2.88. The molecule has 3 rings (SSSR count). The van der Waals surface area contributed by atoms with Crippen LogP contribution in [0.2, 0.25) is 5.02 Å². The number of ether oxygens (including phenoxy) is 1. The van der Waals surface area contributed by atoms with Crippen molar-refractivity contribution in [1.82, 2.24) is 15.5 Å². The highest BCUT2D eigenvalue weighted by atomic mass is 35.5. The molecule has 2 saturated heterocycles. The maximum Gasteiger partial charge on any atom is 0.322 e. The van der Waals surface area contributed by atoms with Gasteiger partial charge in [0.1, 0.15) is 11.3 Å². The van der Waals surface area contributed by atoms with Gasteiger partial charge in [0.2, 0.25) is 0 Å². The summed E-state index contributed by atoms with van der Waals surface area (Å²) in [6.45, 7) is 6.69. The van der Waals surface area contributed by atoms with Gasteiger partial charge < -0.3 is 15.0 Å². The number of carbonyl (C=O) groups excluding carboxylic acids is 3. The van der Waals surface area contributed by atoms with Crippen molar-refractivity contribution in [2.75, 3.05) is 19.7 Å². The molecule has 0 bridgehead atoms. The Morgan fingerprint density at radius 2 is 1.96 bits per heavy atom. The van der Waals surface area contributed by atoms with Gasteiger partial charge in [0.15, 0.2) is 6.61 Å². The minimum Gasteiger partial charge on any atom is -0.483 e. The van der Waals surface area contributed by atoms with E-state index in [0.717, 1.165) is 11.1 Å². The molecule has 2 aliphatic heterocycles. The predicted molar refractivity (Wildman–Crippen MR) is 101 cm³/mol. The number of hydrogen-bond donors (Lipinski definition) is 2. The van der Waals surface area contributed by atoms with Crippen LogP contribution in [0.3, 0.4) is 0 Å². The lowest BCUT2D eigenvalue weighted by molar-refractivity contribution is -0.137. The molecule has 0 aromatic heterocycles. The molecule has 2 N–H and O–H groups in total. The van der Waals surface area contributed by atoms with E-state index in [9.17, 15) is 14.4 Å². The van der Waals surface area contributed by atoms with Crippen molar-refractivity contribution in [1.29, 1.82) is 0 Å². The number of amides is 4. The highest BCUT2D eigenvalue weighted by molar-refractivity contribution is 6.31. The third kappa shape index (κ3) is 3.88.